The largest absolute Gasteiger partial charge is 0.372 e. The molecule has 0 aliphatic carbocycles. The van der Waals surface area contributed by atoms with E-state index in [1.807, 2.05) is 0 Å². The lowest BCUT2D eigenvalue weighted by atomic mass is 9.82. The Morgan fingerprint density at radius 1 is 1.10 bits per heavy atom. The third kappa shape index (κ3) is 1.80. The first kappa shape index (κ1) is 13.9. The van der Waals surface area contributed by atoms with E-state index < -0.39 is 0 Å². The predicted molar refractivity (Wildman–Crippen MR) is 83.3 cm³/mol. The van der Waals surface area contributed by atoms with Gasteiger partial charge < -0.3 is 14.5 Å². The molecule has 20 heavy (non-hydrogen) atoms. The average Bonchev–Trinajstić information content (AvgIpc) is 2.88. The fraction of sp³-hybridized carbons (Fsp3) is 0.647. The van der Waals surface area contributed by atoms with Crippen molar-refractivity contribution in [3.63, 3.8) is 0 Å². The summed E-state index contributed by atoms with van der Waals surface area (Å²) in [5, 5.41) is 0. The van der Waals surface area contributed by atoms with Crippen LogP contribution in [0.3, 0.4) is 0 Å². The molecule has 1 aromatic rings. The normalized spacial score (nSPS) is 25.1. The number of fused-ring (bicyclic) bond motifs is 2. The summed E-state index contributed by atoms with van der Waals surface area (Å²) in [5.41, 5.74) is 8.73. The molecular weight excluding hydrogens is 248 g/mol. The zero-order chi connectivity index (χ0) is 14.6. The van der Waals surface area contributed by atoms with Crippen LogP contribution in [0.25, 0.3) is 0 Å². The standard InChI is InChI=1S/C17H26N2O/c1-10-7-15(18(4)5)16-11(2)13-8-20-9-14(13)12(3)17(16)19(10)6/h10,15H,7-9H2,1-6H3. The molecule has 0 spiro atoms. The van der Waals surface area contributed by atoms with Crippen LogP contribution in [0.1, 0.15) is 47.2 Å². The highest BCUT2D eigenvalue weighted by Crippen LogP contribution is 2.46. The highest BCUT2D eigenvalue weighted by atomic mass is 16.5. The summed E-state index contributed by atoms with van der Waals surface area (Å²) in [6.07, 6.45) is 1.19. The van der Waals surface area contributed by atoms with Crippen LogP contribution < -0.4 is 4.90 Å². The molecule has 2 heterocycles. The molecule has 0 radical (unpaired) electrons. The first-order chi connectivity index (χ1) is 9.43. The minimum atomic E-state index is 0.515. The Morgan fingerprint density at radius 3 is 2.30 bits per heavy atom. The molecular formula is C17H26N2O. The summed E-state index contributed by atoms with van der Waals surface area (Å²) in [7, 11) is 6.64. The average molecular weight is 274 g/mol. The molecule has 0 N–H and O–H groups in total. The Morgan fingerprint density at radius 2 is 1.70 bits per heavy atom. The molecule has 2 aliphatic rings. The van der Waals surface area contributed by atoms with Crippen molar-refractivity contribution < 1.29 is 4.74 Å². The molecule has 3 rings (SSSR count). The van der Waals surface area contributed by atoms with Crippen molar-refractivity contribution in [3.8, 4) is 0 Å². The summed E-state index contributed by atoms with van der Waals surface area (Å²) in [5.74, 6) is 0. The van der Waals surface area contributed by atoms with Gasteiger partial charge in [-0.15, -0.1) is 0 Å². The number of hydrogen-bond acceptors (Lipinski definition) is 3. The number of nitrogens with zero attached hydrogens (tertiary/aromatic N) is 2. The Hall–Kier alpha value is -1.06. The topological polar surface area (TPSA) is 15.7 Å². The molecule has 0 amide bonds. The summed E-state index contributed by atoms with van der Waals surface area (Å²) in [6, 6.07) is 1.09. The lowest BCUT2D eigenvalue weighted by molar-refractivity contribution is 0.134. The van der Waals surface area contributed by atoms with Crippen molar-refractivity contribution in [3.05, 3.63) is 27.8 Å². The Kier molecular flexibility index (Phi) is 3.30. The summed E-state index contributed by atoms with van der Waals surface area (Å²) < 4.78 is 5.72. The van der Waals surface area contributed by atoms with E-state index in [2.05, 4.69) is 51.7 Å². The van der Waals surface area contributed by atoms with Gasteiger partial charge in [0.1, 0.15) is 0 Å². The van der Waals surface area contributed by atoms with Gasteiger partial charge in [-0.05, 0) is 69.1 Å². The van der Waals surface area contributed by atoms with Crippen LogP contribution in [0.4, 0.5) is 5.69 Å². The number of benzene rings is 1. The Bertz CT molecular complexity index is 551. The van der Waals surface area contributed by atoms with Gasteiger partial charge in [-0.25, -0.2) is 0 Å². The second-order valence-corrected chi connectivity index (χ2v) is 6.64. The van der Waals surface area contributed by atoms with Crippen LogP contribution in [0.5, 0.6) is 0 Å². The molecule has 0 fully saturated rings. The van der Waals surface area contributed by atoms with E-state index >= 15 is 0 Å². The van der Waals surface area contributed by atoms with Gasteiger partial charge >= 0.3 is 0 Å². The van der Waals surface area contributed by atoms with Crippen molar-refractivity contribution in [2.75, 3.05) is 26.0 Å². The van der Waals surface area contributed by atoms with Crippen LogP contribution in [-0.2, 0) is 18.0 Å². The van der Waals surface area contributed by atoms with Gasteiger partial charge in [0.05, 0.1) is 13.2 Å². The van der Waals surface area contributed by atoms with Crippen molar-refractivity contribution in [2.24, 2.45) is 0 Å². The van der Waals surface area contributed by atoms with Gasteiger partial charge in [-0.2, -0.15) is 0 Å². The molecule has 0 saturated heterocycles. The van der Waals surface area contributed by atoms with Gasteiger partial charge in [0, 0.05) is 24.8 Å². The van der Waals surface area contributed by atoms with E-state index in [0.717, 1.165) is 13.2 Å². The summed E-state index contributed by atoms with van der Waals surface area (Å²) >= 11 is 0. The van der Waals surface area contributed by atoms with Crippen molar-refractivity contribution in [1.82, 2.24) is 4.90 Å². The van der Waals surface area contributed by atoms with Gasteiger partial charge in [0.25, 0.3) is 0 Å². The molecule has 2 aliphatic heterocycles. The van der Waals surface area contributed by atoms with E-state index in [9.17, 15) is 0 Å². The van der Waals surface area contributed by atoms with Crippen molar-refractivity contribution in [2.45, 2.75) is 52.5 Å². The third-order valence-corrected chi connectivity index (χ3v) is 5.31. The first-order valence-electron chi connectivity index (χ1n) is 7.55. The van der Waals surface area contributed by atoms with Gasteiger partial charge in [0.15, 0.2) is 0 Å². The molecule has 2 atom stereocenters. The number of hydrogen-bond donors (Lipinski definition) is 0. The number of ether oxygens (including phenoxy) is 1. The van der Waals surface area contributed by atoms with E-state index in [0.29, 0.717) is 12.1 Å². The van der Waals surface area contributed by atoms with E-state index in [-0.39, 0.29) is 0 Å². The van der Waals surface area contributed by atoms with Gasteiger partial charge in [0.2, 0.25) is 0 Å². The third-order valence-electron chi connectivity index (χ3n) is 5.31. The SMILES string of the molecule is Cc1c2c(c(C)c3c1C(N(C)C)CC(C)N3C)COC2. The molecule has 1 aromatic carbocycles. The maximum absolute atomic E-state index is 5.72. The zero-order valence-corrected chi connectivity index (χ0v) is 13.6. The van der Waals surface area contributed by atoms with Crippen LogP contribution in [-0.4, -0.2) is 32.1 Å². The minimum Gasteiger partial charge on any atom is -0.372 e. The lowest BCUT2D eigenvalue weighted by Gasteiger charge is -2.43. The smallest absolute Gasteiger partial charge is 0.0728 e. The molecule has 110 valence electrons. The molecule has 0 aromatic heterocycles. The zero-order valence-electron chi connectivity index (χ0n) is 13.6. The van der Waals surface area contributed by atoms with E-state index in [1.165, 1.54) is 39.9 Å². The quantitative estimate of drug-likeness (QED) is 0.782. The van der Waals surface area contributed by atoms with Gasteiger partial charge in [-0.1, -0.05) is 0 Å². The summed E-state index contributed by atoms with van der Waals surface area (Å²) in [6.45, 7) is 8.45. The van der Waals surface area contributed by atoms with Gasteiger partial charge in [-0.3, -0.25) is 0 Å². The molecule has 3 nitrogen and oxygen atoms in total. The fourth-order valence-electron chi connectivity index (χ4n) is 3.93. The second kappa shape index (κ2) is 4.74. The van der Waals surface area contributed by atoms with Crippen molar-refractivity contribution >= 4 is 5.69 Å². The first-order valence-corrected chi connectivity index (χ1v) is 7.55. The fourth-order valence-corrected chi connectivity index (χ4v) is 3.93. The maximum Gasteiger partial charge on any atom is 0.0728 e. The molecule has 3 heteroatoms. The molecule has 0 bridgehead atoms. The van der Waals surface area contributed by atoms with E-state index in [1.54, 1.807) is 0 Å². The molecule has 0 saturated carbocycles. The van der Waals surface area contributed by atoms with Crippen LogP contribution >= 0.6 is 0 Å². The number of rotatable bonds is 1. The highest BCUT2D eigenvalue weighted by molar-refractivity contribution is 5.69. The highest BCUT2D eigenvalue weighted by Gasteiger charge is 2.35. The molecule has 2 unspecified atom stereocenters. The van der Waals surface area contributed by atoms with Crippen LogP contribution in [0, 0.1) is 13.8 Å². The minimum absolute atomic E-state index is 0.515. The summed E-state index contributed by atoms with van der Waals surface area (Å²) in [4.78, 5) is 4.84. The Balaban J connectivity index is 2.29. The predicted octanol–water partition coefficient (Wildman–Crippen LogP) is 3.16. The maximum atomic E-state index is 5.72. The van der Waals surface area contributed by atoms with Crippen LogP contribution in [0.2, 0.25) is 0 Å². The number of anilines is 1. The second-order valence-electron chi connectivity index (χ2n) is 6.64. The monoisotopic (exact) mass is 274 g/mol. The lowest BCUT2D eigenvalue weighted by Crippen LogP contribution is -2.40. The van der Waals surface area contributed by atoms with Crippen molar-refractivity contribution in [1.29, 1.82) is 0 Å². The van der Waals surface area contributed by atoms with Crippen LogP contribution in [0.15, 0.2) is 0 Å². The Labute approximate surface area is 122 Å². The van der Waals surface area contributed by atoms with E-state index in [4.69, 9.17) is 4.74 Å².